The van der Waals surface area contributed by atoms with Gasteiger partial charge in [0, 0.05) is 0 Å². The van der Waals surface area contributed by atoms with Crippen molar-refractivity contribution in [3.05, 3.63) is 12.3 Å². The van der Waals surface area contributed by atoms with Gasteiger partial charge in [0.15, 0.2) is 0 Å². The average Bonchev–Trinajstić information content (AvgIpc) is 2.10. The third-order valence-electron chi connectivity index (χ3n) is 0.990. The lowest BCUT2D eigenvalue weighted by atomic mass is 10.7. The van der Waals surface area contributed by atoms with Crippen LogP contribution in [0.15, 0.2) is 17.3 Å². The maximum absolute atomic E-state index is 9.60. The molecule has 0 saturated heterocycles. The number of carbonyl (C=O) groups excluding carboxylic acids is 1. The van der Waals surface area contributed by atoms with Gasteiger partial charge >= 0.3 is 0 Å². The largest absolute Gasteiger partial charge is 0.499 e. The van der Waals surface area contributed by atoms with Gasteiger partial charge in [0.05, 0.1) is 26.0 Å². The highest BCUT2D eigenvalue weighted by molar-refractivity contribution is 5.32. The number of aliphatic imine (C=N–C) groups is 1. The van der Waals surface area contributed by atoms with Crippen molar-refractivity contribution in [3.8, 4) is 0 Å². The summed E-state index contributed by atoms with van der Waals surface area (Å²) in [5.41, 5.74) is 0. The molecule has 0 aliphatic carbocycles. The van der Waals surface area contributed by atoms with E-state index in [1.54, 1.807) is 12.3 Å². The maximum atomic E-state index is 9.60. The Labute approximate surface area is 71.9 Å². The molecular formula is C8H13NO3. The molecule has 0 spiro atoms. The number of rotatable bonds is 7. The summed E-state index contributed by atoms with van der Waals surface area (Å²) in [7, 11) is 0. The van der Waals surface area contributed by atoms with E-state index in [0.29, 0.717) is 26.4 Å². The Morgan fingerprint density at radius 1 is 1.42 bits per heavy atom. The summed E-state index contributed by atoms with van der Waals surface area (Å²) in [6.07, 6.45) is 4.84. The molecule has 0 aromatic carbocycles. The van der Waals surface area contributed by atoms with Gasteiger partial charge in [-0.15, -0.1) is 0 Å². The third kappa shape index (κ3) is 8.88. The fourth-order valence-corrected chi connectivity index (χ4v) is 0.529. The summed E-state index contributed by atoms with van der Waals surface area (Å²) in [4.78, 5) is 12.9. The van der Waals surface area contributed by atoms with Crippen LogP contribution < -0.4 is 0 Å². The molecule has 0 rings (SSSR count). The van der Waals surface area contributed by atoms with E-state index in [4.69, 9.17) is 9.47 Å². The normalized spacial score (nSPS) is 9.75. The van der Waals surface area contributed by atoms with E-state index in [1.165, 1.54) is 6.08 Å². The van der Waals surface area contributed by atoms with E-state index in [0.717, 1.165) is 0 Å². The highest BCUT2D eigenvalue weighted by Crippen LogP contribution is 1.80. The van der Waals surface area contributed by atoms with Crippen LogP contribution in [-0.2, 0) is 14.3 Å². The van der Waals surface area contributed by atoms with Crippen LogP contribution in [-0.4, -0.2) is 32.4 Å². The zero-order valence-electron chi connectivity index (χ0n) is 7.16. The van der Waals surface area contributed by atoms with Crippen LogP contribution in [0.3, 0.4) is 0 Å². The summed E-state index contributed by atoms with van der Waals surface area (Å²) in [5, 5.41) is 0. The predicted molar refractivity (Wildman–Crippen MR) is 44.6 cm³/mol. The Kier molecular flexibility index (Phi) is 8.96. The molecule has 0 bridgehead atoms. The number of isocyanates is 1. The minimum Gasteiger partial charge on any atom is -0.499 e. The first-order chi connectivity index (χ1) is 5.91. The molecule has 4 heteroatoms. The first kappa shape index (κ1) is 10.9. The molecule has 0 amide bonds. The molecule has 0 unspecified atom stereocenters. The van der Waals surface area contributed by atoms with Gasteiger partial charge in [-0.25, -0.2) is 9.79 Å². The van der Waals surface area contributed by atoms with Gasteiger partial charge in [0.1, 0.15) is 6.61 Å². The van der Waals surface area contributed by atoms with Gasteiger partial charge in [-0.3, -0.25) is 0 Å². The molecule has 0 aromatic rings. The molecule has 4 nitrogen and oxygen atoms in total. The minimum atomic E-state index is 0.368. The molecule has 0 aromatic heterocycles. The van der Waals surface area contributed by atoms with Gasteiger partial charge < -0.3 is 9.47 Å². The Balaban J connectivity index is 2.95. The number of hydrogen-bond donors (Lipinski definition) is 0. The quantitative estimate of drug-likeness (QED) is 0.247. The fraction of sp³-hybridized carbons (Fsp3) is 0.625. The lowest BCUT2D eigenvalue weighted by Gasteiger charge is -2.00. The molecule has 0 fully saturated rings. The molecule has 0 aliphatic rings. The van der Waals surface area contributed by atoms with Crippen molar-refractivity contribution in [1.82, 2.24) is 0 Å². The van der Waals surface area contributed by atoms with Crippen LogP contribution in [0.2, 0.25) is 0 Å². The molecule has 0 heterocycles. The Hall–Kier alpha value is -1.12. The third-order valence-corrected chi connectivity index (χ3v) is 0.990. The topological polar surface area (TPSA) is 47.9 Å². The van der Waals surface area contributed by atoms with Crippen molar-refractivity contribution >= 4 is 6.08 Å². The number of allylic oxidation sites excluding steroid dienone is 1. The molecule has 0 aliphatic heterocycles. The van der Waals surface area contributed by atoms with Crippen molar-refractivity contribution in [3.63, 3.8) is 0 Å². The summed E-state index contributed by atoms with van der Waals surface area (Å²) in [5.74, 6) is 0. The van der Waals surface area contributed by atoms with Gasteiger partial charge in [0.2, 0.25) is 6.08 Å². The summed E-state index contributed by atoms with van der Waals surface area (Å²) in [6.45, 7) is 3.72. The Morgan fingerprint density at radius 3 is 2.92 bits per heavy atom. The molecule has 0 radical (unpaired) electrons. The van der Waals surface area contributed by atoms with E-state index in [-0.39, 0.29) is 0 Å². The zero-order valence-corrected chi connectivity index (χ0v) is 7.16. The number of ether oxygens (including phenoxy) is 2. The smallest absolute Gasteiger partial charge is 0.235 e. The summed E-state index contributed by atoms with van der Waals surface area (Å²) < 4.78 is 10.0. The fourth-order valence-electron chi connectivity index (χ4n) is 0.529. The van der Waals surface area contributed by atoms with Gasteiger partial charge in [0.25, 0.3) is 0 Å². The van der Waals surface area contributed by atoms with Crippen LogP contribution in [0.1, 0.15) is 6.92 Å². The first-order valence-electron chi connectivity index (χ1n) is 3.76. The molecule has 0 atom stereocenters. The van der Waals surface area contributed by atoms with Crippen molar-refractivity contribution in [2.24, 2.45) is 4.99 Å². The van der Waals surface area contributed by atoms with Crippen LogP contribution in [0.4, 0.5) is 0 Å². The summed E-state index contributed by atoms with van der Waals surface area (Å²) in [6, 6.07) is 0. The number of nitrogens with zero attached hydrogens (tertiary/aromatic N) is 1. The van der Waals surface area contributed by atoms with E-state index in [9.17, 15) is 4.79 Å². The van der Waals surface area contributed by atoms with Crippen molar-refractivity contribution < 1.29 is 14.3 Å². The monoisotopic (exact) mass is 171 g/mol. The van der Waals surface area contributed by atoms with Crippen LogP contribution >= 0.6 is 0 Å². The lowest BCUT2D eigenvalue weighted by Crippen LogP contribution is -2.04. The minimum absolute atomic E-state index is 0.368. The van der Waals surface area contributed by atoms with Gasteiger partial charge in [-0.05, 0) is 6.92 Å². The van der Waals surface area contributed by atoms with Crippen LogP contribution in [0.25, 0.3) is 0 Å². The lowest BCUT2D eigenvalue weighted by molar-refractivity contribution is 0.0897. The SMILES string of the molecule is CC=COCCOCCN=C=O. The van der Waals surface area contributed by atoms with Crippen molar-refractivity contribution in [2.45, 2.75) is 6.92 Å². The predicted octanol–water partition coefficient (Wildman–Crippen LogP) is 0.889. The van der Waals surface area contributed by atoms with Crippen molar-refractivity contribution in [1.29, 1.82) is 0 Å². The maximum Gasteiger partial charge on any atom is 0.235 e. The highest BCUT2D eigenvalue weighted by Gasteiger charge is 1.85. The second kappa shape index (κ2) is 9.88. The van der Waals surface area contributed by atoms with E-state index in [1.807, 2.05) is 6.92 Å². The molecule has 0 N–H and O–H groups in total. The van der Waals surface area contributed by atoms with E-state index >= 15 is 0 Å². The number of hydrogen-bond acceptors (Lipinski definition) is 4. The van der Waals surface area contributed by atoms with Crippen LogP contribution in [0, 0.1) is 0 Å². The second-order valence-electron chi connectivity index (χ2n) is 1.93. The van der Waals surface area contributed by atoms with Gasteiger partial charge in [-0.2, -0.15) is 0 Å². The van der Waals surface area contributed by atoms with Gasteiger partial charge in [-0.1, -0.05) is 6.08 Å². The van der Waals surface area contributed by atoms with Crippen molar-refractivity contribution in [2.75, 3.05) is 26.4 Å². The van der Waals surface area contributed by atoms with E-state index in [2.05, 4.69) is 4.99 Å². The highest BCUT2D eigenvalue weighted by atomic mass is 16.5. The second-order valence-corrected chi connectivity index (χ2v) is 1.93. The average molecular weight is 171 g/mol. The molecule has 12 heavy (non-hydrogen) atoms. The summed E-state index contributed by atoms with van der Waals surface area (Å²) >= 11 is 0. The first-order valence-corrected chi connectivity index (χ1v) is 3.76. The zero-order chi connectivity index (χ0) is 9.07. The molecule has 0 saturated carbocycles. The van der Waals surface area contributed by atoms with E-state index < -0.39 is 0 Å². The Morgan fingerprint density at radius 2 is 2.25 bits per heavy atom. The van der Waals surface area contributed by atoms with Crippen LogP contribution in [0.5, 0.6) is 0 Å². The molecule has 68 valence electrons. The molecular weight excluding hydrogens is 158 g/mol. The Bertz CT molecular complexity index is 162. The standard InChI is InChI=1S/C8H13NO3/c1-2-4-11-6-7-12-5-3-9-8-10/h2,4H,3,5-7H2,1H3.